The van der Waals surface area contributed by atoms with Crippen molar-refractivity contribution in [3.63, 3.8) is 0 Å². The van der Waals surface area contributed by atoms with Crippen molar-refractivity contribution in [3.05, 3.63) is 58.1 Å². The van der Waals surface area contributed by atoms with Crippen LogP contribution in [-0.4, -0.2) is 12.9 Å². The number of carbonyl (C=O) groups is 1. The Balaban J connectivity index is 2.54. The normalized spacial score (nSPS) is 10.4. The van der Waals surface area contributed by atoms with Crippen LogP contribution in [0.4, 0.5) is 14.5 Å². The van der Waals surface area contributed by atoms with Crippen LogP contribution in [0.5, 0.6) is 5.75 Å². The molecule has 0 aromatic heterocycles. The Morgan fingerprint density at radius 2 is 1.80 bits per heavy atom. The molecule has 0 atom stereocenters. The number of ether oxygens (including phenoxy) is 1. The third-order valence-corrected chi connectivity index (χ3v) is 2.97. The van der Waals surface area contributed by atoms with Crippen molar-refractivity contribution in [3.8, 4) is 5.75 Å². The summed E-state index contributed by atoms with van der Waals surface area (Å²) in [7, 11) is 1.27. The minimum Gasteiger partial charge on any atom is -0.497 e. The van der Waals surface area contributed by atoms with Crippen molar-refractivity contribution < 1.29 is 18.3 Å². The lowest BCUT2D eigenvalue weighted by Crippen LogP contribution is -2.10. The van der Waals surface area contributed by atoms with E-state index in [1.54, 1.807) is 0 Å². The van der Waals surface area contributed by atoms with Crippen LogP contribution in [0.1, 0.15) is 15.9 Å². The maximum atomic E-state index is 13.8. The fourth-order valence-corrected chi connectivity index (χ4v) is 1.94. The van der Waals surface area contributed by atoms with Crippen LogP contribution in [0.3, 0.4) is 0 Å². The highest BCUT2D eigenvalue weighted by Gasteiger charge is 2.22. The van der Waals surface area contributed by atoms with Crippen molar-refractivity contribution in [1.82, 2.24) is 0 Å². The van der Waals surface area contributed by atoms with E-state index in [1.165, 1.54) is 25.3 Å². The molecule has 2 rings (SSSR count). The second-order valence-corrected chi connectivity index (χ2v) is 4.46. The second-order valence-electron chi connectivity index (χ2n) is 4.03. The third-order valence-electron chi connectivity index (χ3n) is 2.74. The Bertz CT molecular complexity index is 666. The smallest absolute Gasteiger partial charge is 0.201 e. The monoisotopic (exact) mass is 297 g/mol. The first-order valence-electron chi connectivity index (χ1n) is 5.56. The van der Waals surface area contributed by atoms with Gasteiger partial charge >= 0.3 is 0 Å². The van der Waals surface area contributed by atoms with E-state index in [0.29, 0.717) is 5.02 Å². The van der Waals surface area contributed by atoms with Gasteiger partial charge in [0.15, 0.2) is 0 Å². The third kappa shape index (κ3) is 2.58. The number of anilines is 1. The quantitative estimate of drug-likeness (QED) is 0.697. The van der Waals surface area contributed by atoms with Gasteiger partial charge in [-0.05, 0) is 18.2 Å². The maximum Gasteiger partial charge on any atom is 0.201 e. The SMILES string of the molecule is COc1cc(F)c(C(=O)c2ccc(Cl)cc2N)c(F)c1. The van der Waals surface area contributed by atoms with E-state index in [9.17, 15) is 13.6 Å². The number of ketones is 1. The summed E-state index contributed by atoms with van der Waals surface area (Å²) >= 11 is 5.71. The van der Waals surface area contributed by atoms with Crippen LogP contribution in [0.15, 0.2) is 30.3 Å². The molecular weight excluding hydrogens is 288 g/mol. The average molecular weight is 298 g/mol. The number of halogens is 3. The minimum atomic E-state index is -1.01. The molecule has 0 aliphatic heterocycles. The first kappa shape index (κ1) is 14.3. The molecule has 2 aromatic rings. The van der Waals surface area contributed by atoms with Crippen molar-refractivity contribution in [2.45, 2.75) is 0 Å². The van der Waals surface area contributed by atoms with Gasteiger partial charge < -0.3 is 10.5 Å². The molecule has 0 radical (unpaired) electrons. The van der Waals surface area contributed by atoms with Crippen LogP contribution in [0.25, 0.3) is 0 Å². The summed E-state index contributed by atoms with van der Waals surface area (Å²) in [4.78, 5) is 12.2. The van der Waals surface area contributed by atoms with Crippen molar-refractivity contribution >= 4 is 23.1 Å². The number of methoxy groups -OCH3 is 1. The largest absolute Gasteiger partial charge is 0.497 e. The van der Waals surface area contributed by atoms with Crippen LogP contribution >= 0.6 is 11.6 Å². The summed E-state index contributed by atoms with van der Waals surface area (Å²) in [5.41, 5.74) is 5.00. The summed E-state index contributed by atoms with van der Waals surface area (Å²) in [6.45, 7) is 0. The van der Waals surface area contributed by atoms with E-state index >= 15 is 0 Å². The fourth-order valence-electron chi connectivity index (χ4n) is 1.76. The molecule has 0 saturated carbocycles. The van der Waals surface area contributed by atoms with E-state index in [0.717, 1.165) is 12.1 Å². The van der Waals surface area contributed by atoms with Gasteiger partial charge in [-0.3, -0.25) is 4.79 Å². The molecule has 0 aliphatic rings. The minimum absolute atomic E-state index is 0.0133. The van der Waals surface area contributed by atoms with Crippen molar-refractivity contribution in [1.29, 1.82) is 0 Å². The Labute approximate surface area is 118 Å². The molecule has 104 valence electrons. The Morgan fingerprint density at radius 3 is 2.30 bits per heavy atom. The number of nitrogens with two attached hydrogens (primary N) is 1. The van der Waals surface area contributed by atoms with E-state index in [4.69, 9.17) is 22.1 Å². The molecular formula is C14H10ClF2NO2. The van der Waals surface area contributed by atoms with Gasteiger partial charge in [-0.15, -0.1) is 0 Å². The zero-order valence-corrected chi connectivity index (χ0v) is 11.2. The summed E-state index contributed by atoms with van der Waals surface area (Å²) in [5, 5.41) is 0.328. The lowest BCUT2D eigenvalue weighted by atomic mass is 10.0. The van der Waals surface area contributed by atoms with Crippen LogP contribution in [0, 0.1) is 11.6 Å². The lowest BCUT2D eigenvalue weighted by Gasteiger charge is -2.09. The summed E-state index contributed by atoms with van der Waals surface area (Å²) in [6, 6.07) is 5.95. The molecule has 0 heterocycles. The van der Waals surface area contributed by atoms with Gasteiger partial charge in [0, 0.05) is 28.4 Å². The average Bonchev–Trinajstić information content (AvgIpc) is 2.37. The second kappa shape index (κ2) is 5.46. The molecule has 0 amide bonds. The summed E-state index contributed by atoms with van der Waals surface area (Å²) < 4.78 is 32.4. The fraction of sp³-hybridized carbons (Fsp3) is 0.0714. The van der Waals surface area contributed by atoms with E-state index < -0.39 is 23.0 Å². The first-order chi connectivity index (χ1) is 9.43. The van der Waals surface area contributed by atoms with Gasteiger partial charge in [-0.1, -0.05) is 11.6 Å². The van der Waals surface area contributed by atoms with Crippen LogP contribution in [0.2, 0.25) is 5.02 Å². The predicted octanol–water partition coefficient (Wildman–Crippen LogP) is 3.44. The zero-order chi connectivity index (χ0) is 14.9. The molecule has 0 spiro atoms. The summed E-state index contributed by atoms with van der Waals surface area (Å²) in [6.07, 6.45) is 0. The van der Waals surface area contributed by atoms with Gasteiger partial charge in [0.1, 0.15) is 17.4 Å². The highest BCUT2D eigenvalue weighted by atomic mass is 35.5. The molecule has 6 heteroatoms. The maximum absolute atomic E-state index is 13.8. The van der Waals surface area contributed by atoms with Crippen LogP contribution < -0.4 is 10.5 Å². The van der Waals surface area contributed by atoms with Gasteiger partial charge in [0.05, 0.1) is 12.7 Å². The Kier molecular flexibility index (Phi) is 3.90. The molecule has 0 bridgehead atoms. The first-order valence-corrected chi connectivity index (χ1v) is 5.94. The van der Waals surface area contributed by atoms with E-state index in [2.05, 4.69) is 0 Å². The lowest BCUT2D eigenvalue weighted by molar-refractivity contribution is 0.103. The van der Waals surface area contributed by atoms with E-state index in [-0.39, 0.29) is 17.0 Å². The predicted molar refractivity (Wildman–Crippen MR) is 72.2 cm³/mol. The zero-order valence-electron chi connectivity index (χ0n) is 10.4. The van der Waals surface area contributed by atoms with Crippen molar-refractivity contribution in [2.24, 2.45) is 0 Å². The van der Waals surface area contributed by atoms with Gasteiger partial charge in [-0.25, -0.2) is 8.78 Å². The molecule has 0 saturated heterocycles. The molecule has 0 unspecified atom stereocenters. The van der Waals surface area contributed by atoms with Gasteiger partial charge in [-0.2, -0.15) is 0 Å². The molecule has 2 N–H and O–H groups in total. The highest BCUT2D eigenvalue weighted by molar-refractivity contribution is 6.31. The molecule has 3 nitrogen and oxygen atoms in total. The van der Waals surface area contributed by atoms with E-state index in [1.807, 2.05) is 0 Å². The highest BCUT2D eigenvalue weighted by Crippen LogP contribution is 2.26. The number of carbonyl (C=O) groups excluding carboxylic acids is 1. The van der Waals surface area contributed by atoms with Crippen molar-refractivity contribution in [2.75, 3.05) is 12.8 Å². The number of hydrogen-bond acceptors (Lipinski definition) is 3. The molecule has 20 heavy (non-hydrogen) atoms. The number of rotatable bonds is 3. The number of benzene rings is 2. The molecule has 0 aliphatic carbocycles. The topological polar surface area (TPSA) is 52.3 Å². The van der Waals surface area contributed by atoms with Crippen LogP contribution in [-0.2, 0) is 0 Å². The molecule has 2 aromatic carbocycles. The number of hydrogen-bond donors (Lipinski definition) is 1. The Hall–Kier alpha value is -2.14. The Morgan fingerprint density at radius 1 is 1.20 bits per heavy atom. The summed E-state index contributed by atoms with van der Waals surface area (Å²) in [5.74, 6) is -2.89. The van der Waals surface area contributed by atoms with Gasteiger partial charge in [0.25, 0.3) is 0 Å². The number of nitrogen functional groups attached to an aromatic ring is 1. The van der Waals surface area contributed by atoms with Gasteiger partial charge in [0.2, 0.25) is 5.78 Å². The molecule has 0 fully saturated rings. The standard InChI is InChI=1S/C14H10ClF2NO2/c1-20-8-5-10(16)13(11(17)6-8)14(19)9-3-2-7(15)4-12(9)18/h2-6H,18H2,1H3.